The van der Waals surface area contributed by atoms with Gasteiger partial charge in [0.05, 0.1) is 7.11 Å². The Morgan fingerprint density at radius 3 is 3.00 bits per heavy atom. The first kappa shape index (κ1) is 18.3. The van der Waals surface area contributed by atoms with Crippen LogP contribution in [0.1, 0.15) is 56.9 Å². The molecule has 2 heterocycles. The molecule has 2 bridgehead atoms. The van der Waals surface area contributed by atoms with Crippen LogP contribution in [-0.4, -0.2) is 41.9 Å². The van der Waals surface area contributed by atoms with Crippen molar-refractivity contribution < 1.29 is 14.3 Å². The number of carbonyl (C=O) groups is 2. The molecule has 4 rings (SSSR count). The zero-order chi connectivity index (χ0) is 18.9. The molecule has 1 aromatic carbocycles. The summed E-state index contributed by atoms with van der Waals surface area (Å²) < 4.78 is 5.33. The van der Waals surface area contributed by atoms with Gasteiger partial charge < -0.3 is 15.0 Å². The Kier molecular flexibility index (Phi) is 5.11. The van der Waals surface area contributed by atoms with E-state index in [-0.39, 0.29) is 17.4 Å². The zero-order valence-electron chi connectivity index (χ0n) is 16.2. The summed E-state index contributed by atoms with van der Waals surface area (Å²) in [5, 5.41) is 3.20. The normalized spacial score (nSPS) is 29.7. The van der Waals surface area contributed by atoms with Crippen LogP contribution in [0.4, 0.5) is 0 Å². The standard InChI is InChI=1S/C22H30N2O3/c1-27-19-7-3-4-16(13-19)14-22(10-8-20(25)23-22)11-9-21(26)24-15-17-5-2-6-18(24)12-17/h3-4,7,13,17-18H,2,5-6,8-12,14-15H2,1H3,(H,23,25)/t17-,18-,22+/m0/s1. The first-order valence-corrected chi connectivity index (χ1v) is 10.3. The third-order valence-corrected chi connectivity index (χ3v) is 6.70. The van der Waals surface area contributed by atoms with Crippen molar-refractivity contribution in [1.82, 2.24) is 10.2 Å². The fourth-order valence-electron chi connectivity index (χ4n) is 5.29. The maximum Gasteiger partial charge on any atom is 0.222 e. The second-order valence-corrected chi connectivity index (χ2v) is 8.59. The van der Waals surface area contributed by atoms with Crippen LogP contribution in [-0.2, 0) is 16.0 Å². The summed E-state index contributed by atoms with van der Waals surface area (Å²) >= 11 is 0. The highest BCUT2D eigenvalue weighted by atomic mass is 16.5. The van der Waals surface area contributed by atoms with Gasteiger partial charge in [-0.1, -0.05) is 18.6 Å². The molecule has 1 aromatic rings. The van der Waals surface area contributed by atoms with E-state index in [0.717, 1.165) is 37.1 Å². The third-order valence-electron chi connectivity index (χ3n) is 6.70. The van der Waals surface area contributed by atoms with E-state index in [1.54, 1.807) is 7.11 Å². The van der Waals surface area contributed by atoms with Crippen molar-refractivity contribution in [3.8, 4) is 5.75 Å². The van der Waals surface area contributed by atoms with Crippen LogP contribution < -0.4 is 10.1 Å². The molecule has 3 fully saturated rings. The first-order valence-electron chi connectivity index (χ1n) is 10.3. The van der Waals surface area contributed by atoms with E-state index in [4.69, 9.17) is 4.74 Å². The lowest BCUT2D eigenvalue weighted by Gasteiger charge is -2.31. The Morgan fingerprint density at radius 1 is 1.37 bits per heavy atom. The molecule has 3 aliphatic rings. The third kappa shape index (κ3) is 3.97. The van der Waals surface area contributed by atoms with Crippen molar-refractivity contribution in [1.29, 1.82) is 0 Å². The van der Waals surface area contributed by atoms with Gasteiger partial charge in [-0.3, -0.25) is 9.59 Å². The second kappa shape index (κ2) is 7.53. The highest BCUT2D eigenvalue weighted by molar-refractivity contribution is 5.80. The van der Waals surface area contributed by atoms with E-state index < -0.39 is 0 Å². The summed E-state index contributed by atoms with van der Waals surface area (Å²) in [6.07, 6.45) is 8.21. The quantitative estimate of drug-likeness (QED) is 0.837. The smallest absolute Gasteiger partial charge is 0.222 e. The Hall–Kier alpha value is -2.04. The molecule has 0 unspecified atom stereocenters. The molecule has 0 spiro atoms. The predicted molar refractivity (Wildman–Crippen MR) is 103 cm³/mol. The van der Waals surface area contributed by atoms with Gasteiger partial charge in [-0.15, -0.1) is 0 Å². The number of carbonyl (C=O) groups excluding carboxylic acids is 2. The Balaban J connectivity index is 1.43. The number of likely N-dealkylation sites (tertiary alicyclic amines) is 1. The number of hydrogen-bond donors (Lipinski definition) is 1. The van der Waals surface area contributed by atoms with Gasteiger partial charge in [0.2, 0.25) is 11.8 Å². The van der Waals surface area contributed by atoms with Crippen LogP contribution >= 0.6 is 0 Å². The molecule has 3 atom stereocenters. The Labute approximate surface area is 161 Å². The lowest BCUT2D eigenvalue weighted by molar-refractivity contribution is -0.132. The van der Waals surface area contributed by atoms with Crippen LogP contribution in [0.25, 0.3) is 0 Å². The second-order valence-electron chi connectivity index (χ2n) is 8.59. The lowest BCUT2D eigenvalue weighted by atomic mass is 9.84. The molecule has 5 nitrogen and oxygen atoms in total. The van der Waals surface area contributed by atoms with Crippen LogP contribution in [0, 0.1) is 5.92 Å². The van der Waals surface area contributed by atoms with Gasteiger partial charge in [-0.05, 0) is 62.1 Å². The monoisotopic (exact) mass is 370 g/mol. The molecule has 1 aliphatic carbocycles. The number of amides is 2. The number of nitrogens with one attached hydrogen (secondary N) is 1. The number of hydrogen-bond acceptors (Lipinski definition) is 3. The zero-order valence-corrected chi connectivity index (χ0v) is 16.2. The molecular weight excluding hydrogens is 340 g/mol. The maximum absolute atomic E-state index is 12.9. The number of benzene rings is 1. The van der Waals surface area contributed by atoms with Crippen molar-refractivity contribution in [2.75, 3.05) is 13.7 Å². The summed E-state index contributed by atoms with van der Waals surface area (Å²) in [6.45, 7) is 0.943. The molecule has 0 aromatic heterocycles. The summed E-state index contributed by atoms with van der Waals surface area (Å²) in [6, 6.07) is 8.47. The molecule has 1 saturated carbocycles. The fraction of sp³-hybridized carbons (Fsp3) is 0.636. The maximum atomic E-state index is 12.9. The number of nitrogens with zero attached hydrogens (tertiary/aromatic N) is 1. The fourth-order valence-corrected chi connectivity index (χ4v) is 5.29. The number of ether oxygens (including phenoxy) is 1. The van der Waals surface area contributed by atoms with Crippen molar-refractivity contribution in [2.45, 2.75) is 69.4 Å². The van der Waals surface area contributed by atoms with Crippen molar-refractivity contribution >= 4 is 11.8 Å². The molecule has 146 valence electrons. The van der Waals surface area contributed by atoms with Gasteiger partial charge in [0.15, 0.2) is 0 Å². The molecule has 2 amide bonds. The van der Waals surface area contributed by atoms with E-state index in [1.807, 2.05) is 18.2 Å². The Morgan fingerprint density at radius 2 is 2.26 bits per heavy atom. The van der Waals surface area contributed by atoms with Crippen molar-refractivity contribution in [3.63, 3.8) is 0 Å². The SMILES string of the molecule is COc1cccc(C[C@]2(CCC(=O)N3C[C@H]4CCC[C@H]3C4)CCC(=O)N2)c1. The molecule has 2 aliphatic heterocycles. The largest absolute Gasteiger partial charge is 0.497 e. The van der Waals surface area contributed by atoms with Gasteiger partial charge in [-0.25, -0.2) is 0 Å². The molecule has 2 saturated heterocycles. The Bertz CT molecular complexity index is 719. The van der Waals surface area contributed by atoms with Gasteiger partial charge in [0.25, 0.3) is 0 Å². The van der Waals surface area contributed by atoms with E-state index >= 15 is 0 Å². The number of methoxy groups -OCH3 is 1. The molecular formula is C22H30N2O3. The van der Waals surface area contributed by atoms with Crippen LogP contribution in [0.3, 0.4) is 0 Å². The summed E-state index contributed by atoms with van der Waals surface area (Å²) in [5.74, 6) is 1.91. The van der Waals surface area contributed by atoms with Crippen molar-refractivity contribution in [3.05, 3.63) is 29.8 Å². The molecule has 5 heteroatoms. The highest BCUT2D eigenvalue weighted by Crippen LogP contribution is 2.37. The van der Waals surface area contributed by atoms with Crippen LogP contribution in [0.15, 0.2) is 24.3 Å². The first-order chi connectivity index (χ1) is 13.1. The van der Waals surface area contributed by atoms with E-state index in [9.17, 15) is 9.59 Å². The molecule has 0 radical (unpaired) electrons. The van der Waals surface area contributed by atoms with E-state index in [1.165, 1.54) is 19.3 Å². The average molecular weight is 370 g/mol. The highest BCUT2D eigenvalue weighted by Gasteiger charge is 2.41. The minimum Gasteiger partial charge on any atom is -0.497 e. The molecule has 1 N–H and O–H groups in total. The molecule has 27 heavy (non-hydrogen) atoms. The summed E-state index contributed by atoms with van der Waals surface area (Å²) in [5.41, 5.74) is 0.828. The van der Waals surface area contributed by atoms with E-state index in [0.29, 0.717) is 31.2 Å². The van der Waals surface area contributed by atoms with Gasteiger partial charge in [0, 0.05) is 31.0 Å². The minimum atomic E-state index is -0.312. The van der Waals surface area contributed by atoms with E-state index in [2.05, 4.69) is 16.3 Å². The average Bonchev–Trinajstić information content (AvgIpc) is 3.19. The summed E-state index contributed by atoms with van der Waals surface area (Å²) in [7, 11) is 1.66. The van der Waals surface area contributed by atoms with Crippen LogP contribution in [0.5, 0.6) is 5.75 Å². The van der Waals surface area contributed by atoms with Gasteiger partial charge in [-0.2, -0.15) is 0 Å². The van der Waals surface area contributed by atoms with Gasteiger partial charge >= 0.3 is 0 Å². The lowest BCUT2D eigenvalue weighted by Crippen LogP contribution is -2.45. The summed E-state index contributed by atoms with van der Waals surface area (Å²) in [4.78, 5) is 27.0. The number of fused-ring (bicyclic) bond motifs is 2. The number of rotatable bonds is 6. The van der Waals surface area contributed by atoms with Crippen molar-refractivity contribution in [2.24, 2.45) is 5.92 Å². The minimum absolute atomic E-state index is 0.0994. The van der Waals surface area contributed by atoms with Gasteiger partial charge in [0.1, 0.15) is 5.75 Å². The topological polar surface area (TPSA) is 58.6 Å². The predicted octanol–water partition coefficient (Wildman–Crippen LogP) is 3.07. The van der Waals surface area contributed by atoms with Crippen LogP contribution in [0.2, 0.25) is 0 Å².